The van der Waals surface area contributed by atoms with Gasteiger partial charge in [-0.25, -0.2) is 8.42 Å². The van der Waals surface area contributed by atoms with E-state index in [1.807, 2.05) is 82.3 Å². The number of hydrogen-bond donors (Lipinski definition) is 1. The molecule has 0 radical (unpaired) electrons. The number of hydrogen-bond acceptors (Lipinski definition) is 5. The molecule has 0 aliphatic rings. The van der Waals surface area contributed by atoms with Crippen LogP contribution < -0.4 is 14.4 Å². The summed E-state index contributed by atoms with van der Waals surface area (Å²) in [6.45, 7) is 7.17. The maximum absolute atomic E-state index is 14.6. The predicted octanol–water partition coefficient (Wildman–Crippen LogP) is 5.75. The van der Waals surface area contributed by atoms with Crippen molar-refractivity contribution in [2.75, 3.05) is 18.0 Å². The molecule has 8 nitrogen and oxygen atoms in total. The van der Waals surface area contributed by atoms with E-state index in [9.17, 15) is 18.0 Å². The quantitative estimate of drug-likeness (QED) is 0.216. The number of carbonyl (C=O) groups is 2. The molecule has 0 bridgehead atoms. The Hall–Kier alpha value is -4.63. The number of amides is 2. The molecule has 1 atom stereocenters. The predicted molar refractivity (Wildman–Crippen MR) is 178 cm³/mol. The average molecular weight is 628 g/mol. The molecule has 9 heteroatoms. The molecule has 4 rings (SSSR count). The van der Waals surface area contributed by atoms with Crippen LogP contribution in [0.4, 0.5) is 5.69 Å². The van der Waals surface area contributed by atoms with E-state index in [0.717, 1.165) is 21.0 Å². The molecular formula is C36H41N3O5S. The second kappa shape index (κ2) is 14.4. The molecule has 0 aliphatic carbocycles. The van der Waals surface area contributed by atoms with Gasteiger partial charge < -0.3 is 15.0 Å². The number of aryl methyl sites for hydroxylation is 1. The van der Waals surface area contributed by atoms with Crippen molar-refractivity contribution >= 4 is 27.5 Å². The van der Waals surface area contributed by atoms with Crippen LogP contribution in [0.25, 0.3) is 0 Å². The summed E-state index contributed by atoms with van der Waals surface area (Å²) in [6.07, 6.45) is 0.241. The summed E-state index contributed by atoms with van der Waals surface area (Å²) in [7, 11) is -2.70. The van der Waals surface area contributed by atoms with Gasteiger partial charge in [0.1, 0.15) is 18.3 Å². The van der Waals surface area contributed by atoms with Gasteiger partial charge in [0.05, 0.1) is 17.7 Å². The Kier molecular flexibility index (Phi) is 10.7. The van der Waals surface area contributed by atoms with Crippen molar-refractivity contribution in [1.29, 1.82) is 0 Å². The molecule has 236 valence electrons. The summed E-state index contributed by atoms with van der Waals surface area (Å²) < 4.78 is 34.7. The fourth-order valence-electron chi connectivity index (χ4n) is 5.03. The van der Waals surface area contributed by atoms with Crippen molar-refractivity contribution < 1.29 is 22.7 Å². The van der Waals surface area contributed by atoms with Gasteiger partial charge >= 0.3 is 0 Å². The van der Waals surface area contributed by atoms with Crippen molar-refractivity contribution in [3.8, 4) is 5.75 Å². The van der Waals surface area contributed by atoms with Gasteiger partial charge in [-0.15, -0.1) is 0 Å². The third-order valence-electron chi connectivity index (χ3n) is 7.16. The lowest BCUT2D eigenvalue weighted by atomic mass is 10.0. The van der Waals surface area contributed by atoms with Crippen LogP contribution in [0.3, 0.4) is 0 Å². The molecule has 0 aromatic heterocycles. The molecule has 4 aromatic carbocycles. The van der Waals surface area contributed by atoms with E-state index < -0.39 is 34.1 Å². The van der Waals surface area contributed by atoms with Crippen LogP contribution in [0, 0.1) is 6.92 Å². The third-order valence-corrected chi connectivity index (χ3v) is 8.94. The average Bonchev–Trinajstić information content (AvgIpc) is 3.01. The van der Waals surface area contributed by atoms with Crippen LogP contribution in [-0.2, 0) is 32.6 Å². The summed E-state index contributed by atoms with van der Waals surface area (Å²) in [5.74, 6) is -0.411. The van der Waals surface area contributed by atoms with E-state index in [-0.39, 0.29) is 29.5 Å². The molecule has 4 aromatic rings. The Bertz CT molecular complexity index is 1700. The first-order chi connectivity index (χ1) is 21.4. The van der Waals surface area contributed by atoms with Crippen molar-refractivity contribution in [2.24, 2.45) is 0 Å². The summed E-state index contributed by atoms with van der Waals surface area (Å²) in [5.41, 5.74) is 2.40. The Morgan fingerprint density at radius 1 is 0.822 bits per heavy atom. The second-order valence-corrected chi connectivity index (χ2v) is 13.8. The maximum atomic E-state index is 14.6. The Labute approximate surface area is 266 Å². The van der Waals surface area contributed by atoms with E-state index >= 15 is 0 Å². The largest absolute Gasteiger partial charge is 0.497 e. The van der Waals surface area contributed by atoms with Crippen molar-refractivity contribution in [1.82, 2.24) is 10.2 Å². The SMILES string of the molecule is COc1cccc(N(CC(=O)N(Cc2cccc(C)c2)[C@@H](Cc2ccccc2)C(=O)NC(C)(C)C)S(=O)(=O)c2ccccc2)c1. The number of benzene rings is 4. The minimum Gasteiger partial charge on any atom is -0.497 e. The van der Waals surface area contributed by atoms with Crippen molar-refractivity contribution in [3.63, 3.8) is 0 Å². The number of nitrogens with one attached hydrogen (secondary N) is 1. The van der Waals surface area contributed by atoms with Crippen LogP contribution in [0.15, 0.2) is 114 Å². The van der Waals surface area contributed by atoms with Gasteiger partial charge in [0, 0.05) is 24.6 Å². The highest BCUT2D eigenvalue weighted by atomic mass is 32.2. The molecule has 0 heterocycles. The number of nitrogens with zero attached hydrogens (tertiary/aromatic N) is 2. The van der Waals surface area contributed by atoms with Gasteiger partial charge in [-0.1, -0.05) is 84.4 Å². The summed E-state index contributed by atoms with van der Waals surface area (Å²) in [5, 5.41) is 3.05. The van der Waals surface area contributed by atoms with Crippen LogP contribution in [0.1, 0.15) is 37.5 Å². The number of ether oxygens (including phenoxy) is 1. The summed E-state index contributed by atoms with van der Waals surface area (Å²) >= 11 is 0. The Morgan fingerprint density at radius 2 is 1.44 bits per heavy atom. The Morgan fingerprint density at radius 3 is 2.07 bits per heavy atom. The summed E-state index contributed by atoms with van der Waals surface area (Å²) in [4.78, 5) is 30.1. The first-order valence-electron chi connectivity index (χ1n) is 14.8. The zero-order valence-electron chi connectivity index (χ0n) is 26.4. The molecule has 0 spiro atoms. The monoisotopic (exact) mass is 627 g/mol. The van der Waals surface area contributed by atoms with Gasteiger partial charge in [-0.3, -0.25) is 13.9 Å². The lowest BCUT2D eigenvalue weighted by Gasteiger charge is -2.35. The molecule has 0 saturated heterocycles. The molecule has 2 amide bonds. The topological polar surface area (TPSA) is 96.0 Å². The van der Waals surface area contributed by atoms with E-state index in [2.05, 4.69) is 5.32 Å². The summed E-state index contributed by atoms with van der Waals surface area (Å²) in [6, 6.07) is 30.8. The standard InChI is InChI=1S/C36H41N3O5S/c1-27-14-12-17-29(22-27)25-38(33(35(41)37-36(2,3)4)23-28-15-8-6-9-16-28)34(40)26-39(30-18-13-19-31(24-30)44-5)45(42,43)32-20-10-7-11-21-32/h6-22,24,33H,23,25-26H2,1-5H3,(H,37,41)/t33-/m0/s1. The van der Waals surface area contributed by atoms with Crippen LogP contribution >= 0.6 is 0 Å². The second-order valence-electron chi connectivity index (χ2n) is 12.0. The lowest BCUT2D eigenvalue weighted by Crippen LogP contribution is -2.56. The van der Waals surface area contributed by atoms with Gasteiger partial charge in [0.15, 0.2) is 0 Å². The van der Waals surface area contributed by atoms with Gasteiger partial charge in [-0.05, 0) is 63.1 Å². The zero-order valence-corrected chi connectivity index (χ0v) is 27.3. The Balaban J connectivity index is 1.83. The fourth-order valence-corrected chi connectivity index (χ4v) is 6.46. The van der Waals surface area contributed by atoms with E-state index in [1.54, 1.807) is 42.5 Å². The fraction of sp³-hybridized carbons (Fsp3) is 0.278. The highest BCUT2D eigenvalue weighted by molar-refractivity contribution is 7.92. The van der Waals surface area contributed by atoms with Crippen LogP contribution in [0.2, 0.25) is 0 Å². The van der Waals surface area contributed by atoms with Crippen molar-refractivity contribution in [2.45, 2.75) is 57.1 Å². The van der Waals surface area contributed by atoms with Crippen LogP contribution in [-0.4, -0.2) is 50.4 Å². The van der Waals surface area contributed by atoms with E-state index in [4.69, 9.17) is 4.74 Å². The van der Waals surface area contributed by atoms with E-state index in [0.29, 0.717) is 5.75 Å². The zero-order chi connectivity index (χ0) is 32.6. The van der Waals surface area contributed by atoms with E-state index in [1.165, 1.54) is 24.1 Å². The molecule has 0 saturated carbocycles. The molecule has 0 unspecified atom stereocenters. The first kappa shape index (κ1) is 33.3. The van der Waals surface area contributed by atoms with Gasteiger partial charge in [0.2, 0.25) is 11.8 Å². The first-order valence-corrected chi connectivity index (χ1v) is 16.2. The number of methoxy groups -OCH3 is 1. The van der Waals surface area contributed by atoms with Crippen LogP contribution in [0.5, 0.6) is 5.75 Å². The molecule has 1 N–H and O–H groups in total. The highest BCUT2D eigenvalue weighted by Crippen LogP contribution is 2.28. The normalized spacial score (nSPS) is 12.2. The minimum absolute atomic E-state index is 0.0390. The minimum atomic E-state index is -4.19. The third kappa shape index (κ3) is 8.95. The molecule has 0 fully saturated rings. The number of rotatable bonds is 12. The maximum Gasteiger partial charge on any atom is 0.264 e. The van der Waals surface area contributed by atoms with Crippen molar-refractivity contribution in [3.05, 3.63) is 126 Å². The highest BCUT2D eigenvalue weighted by Gasteiger charge is 2.35. The lowest BCUT2D eigenvalue weighted by molar-refractivity contribution is -0.140. The molecule has 45 heavy (non-hydrogen) atoms. The smallest absolute Gasteiger partial charge is 0.264 e. The number of anilines is 1. The molecule has 0 aliphatic heterocycles. The molecular weight excluding hydrogens is 586 g/mol. The van der Waals surface area contributed by atoms with Gasteiger partial charge in [-0.2, -0.15) is 0 Å². The number of carbonyl (C=O) groups excluding carboxylic acids is 2. The van der Waals surface area contributed by atoms with Gasteiger partial charge in [0.25, 0.3) is 10.0 Å². The number of sulfonamides is 1.